The lowest BCUT2D eigenvalue weighted by atomic mass is 9.85. The summed E-state index contributed by atoms with van der Waals surface area (Å²) in [6.45, 7) is 13.0. The van der Waals surface area contributed by atoms with Gasteiger partial charge >= 0.3 is 0 Å². The number of aliphatic hydroxyl groups excluding tert-OH is 1. The first-order valence-electron chi connectivity index (χ1n) is 12.8. The summed E-state index contributed by atoms with van der Waals surface area (Å²) in [6.07, 6.45) is 0. The number of carbonyl (C=O) groups excluding carboxylic acids is 2. The molecule has 1 atom stereocenters. The SMILES string of the molecule is CCOc1ccc(/C(O)=C2/C(=O)C(=O)N(c3ccccc3)C2c2ccc(C(C)(C)C)cc2)cc1C(C)C. The molecule has 0 spiro atoms. The molecule has 3 aromatic rings. The third-order valence-corrected chi connectivity index (χ3v) is 6.78. The third-order valence-electron chi connectivity index (χ3n) is 6.78. The number of amides is 1. The Kier molecular flexibility index (Phi) is 7.26. The van der Waals surface area contributed by atoms with Gasteiger partial charge in [-0.1, -0.05) is 77.1 Å². The lowest BCUT2D eigenvalue weighted by molar-refractivity contribution is -0.132. The molecular weight excluding hydrogens is 462 g/mol. The first-order chi connectivity index (χ1) is 17.5. The number of aliphatic hydroxyl groups is 1. The summed E-state index contributed by atoms with van der Waals surface area (Å²) < 4.78 is 5.77. The first kappa shape index (κ1) is 26.2. The number of ketones is 1. The molecule has 0 aromatic heterocycles. The lowest BCUT2D eigenvalue weighted by Crippen LogP contribution is -2.29. The van der Waals surface area contributed by atoms with E-state index in [2.05, 4.69) is 20.8 Å². The molecule has 1 N–H and O–H groups in total. The van der Waals surface area contributed by atoms with Crippen LogP contribution in [0, 0.1) is 0 Å². The zero-order valence-corrected chi connectivity index (χ0v) is 22.4. The Morgan fingerprint density at radius 2 is 1.62 bits per heavy atom. The van der Waals surface area contributed by atoms with Gasteiger partial charge < -0.3 is 9.84 Å². The van der Waals surface area contributed by atoms with Crippen molar-refractivity contribution in [2.75, 3.05) is 11.5 Å². The van der Waals surface area contributed by atoms with Crippen LogP contribution in [0.1, 0.15) is 75.8 Å². The van der Waals surface area contributed by atoms with Crippen LogP contribution >= 0.6 is 0 Å². The molecule has 5 heteroatoms. The van der Waals surface area contributed by atoms with E-state index in [0.29, 0.717) is 17.9 Å². The van der Waals surface area contributed by atoms with Crippen LogP contribution in [0.4, 0.5) is 5.69 Å². The van der Waals surface area contributed by atoms with E-state index in [0.717, 1.165) is 22.4 Å². The third kappa shape index (κ3) is 5.04. The number of Topliss-reactive ketones (excluding diaryl/α,β-unsaturated/α-hetero) is 1. The van der Waals surface area contributed by atoms with E-state index in [-0.39, 0.29) is 22.7 Å². The molecule has 0 radical (unpaired) electrons. The summed E-state index contributed by atoms with van der Waals surface area (Å²) in [5.74, 6) is -0.666. The summed E-state index contributed by atoms with van der Waals surface area (Å²) in [7, 11) is 0. The fraction of sp³-hybridized carbons (Fsp3) is 0.312. The molecule has 1 amide bonds. The van der Waals surface area contributed by atoms with Crippen LogP contribution in [0.25, 0.3) is 5.76 Å². The van der Waals surface area contributed by atoms with Gasteiger partial charge in [0, 0.05) is 11.3 Å². The molecule has 1 saturated heterocycles. The zero-order chi connectivity index (χ0) is 26.9. The Labute approximate surface area is 219 Å². The van der Waals surface area contributed by atoms with Crippen LogP contribution < -0.4 is 9.64 Å². The number of rotatable bonds is 6. The number of nitrogens with zero attached hydrogens (tertiary/aromatic N) is 1. The van der Waals surface area contributed by atoms with E-state index in [1.165, 1.54) is 4.90 Å². The van der Waals surface area contributed by atoms with Crippen LogP contribution in [0.2, 0.25) is 0 Å². The minimum Gasteiger partial charge on any atom is -0.507 e. The van der Waals surface area contributed by atoms with Crippen molar-refractivity contribution in [3.8, 4) is 5.75 Å². The van der Waals surface area contributed by atoms with E-state index >= 15 is 0 Å². The van der Waals surface area contributed by atoms with E-state index in [4.69, 9.17) is 4.74 Å². The second-order valence-corrected chi connectivity index (χ2v) is 10.7. The van der Waals surface area contributed by atoms with Crippen molar-refractivity contribution >= 4 is 23.1 Å². The van der Waals surface area contributed by atoms with Crippen molar-refractivity contribution in [1.82, 2.24) is 0 Å². The summed E-state index contributed by atoms with van der Waals surface area (Å²) in [5, 5.41) is 11.6. The molecule has 1 aliphatic rings. The second-order valence-electron chi connectivity index (χ2n) is 10.7. The van der Waals surface area contributed by atoms with Gasteiger partial charge in [0.05, 0.1) is 18.2 Å². The van der Waals surface area contributed by atoms with Gasteiger partial charge in [-0.25, -0.2) is 0 Å². The molecule has 1 heterocycles. The van der Waals surface area contributed by atoms with Gasteiger partial charge in [-0.3, -0.25) is 14.5 Å². The Hall–Kier alpha value is -3.86. The predicted molar refractivity (Wildman–Crippen MR) is 148 cm³/mol. The standard InChI is InChI=1S/C32H35NO4/c1-7-37-26-18-15-22(19-25(26)20(2)3)29(34)27-28(21-13-16-23(17-14-21)32(4,5)6)33(31(36)30(27)35)24-11-9-8-10-12-24/h8-20,28,34H,7H2,1-6H3/b29-27-. The molecule has 0 aliphatic carbocycles. The van der Waals surface area contributed by atoms with E-state index < -0.39 is 17.7 Å². The highest BCUT2D eigenvalue weighted by Crippen LogP contribution is 2.43. The first-order valence-corrected chi connectivity index (χ1v) is 12.8. The Balaban J connectivity index is 1.92. The maximum Gasteiger partial charge on any atom is 0.300 e. The smallest absolute Gasteiger partial charge is 0.300 e. The highest BCUT2D eigenvalue weighted by molar-refractivity contribution is 6.51. The molecule has 4 rings (SSSR count). The van der Waals surface area contributed by atoms with Crippen molar-refractivity contribution < 1.29 is 19.4 Å². The van der Waals surface area contributed by atoms with Crippen LogP contribution in [-0.2, 0) is 15.0 Å². The van der Waals surface area contributed by atoms with Gasteiger partial charge in [-0.15, -0.1) is 0 Å². The highest BCUT2D eigenvalue weighted by atomic mass is 16.5. The quantitative estimate of drug-likeness (QED) is 0.223. The molecule has 1 unspecified atom stereocenters. The van der Waals surface area contributed by atoms with Gasteiger partial charge in [0.1, 0.15) is 11.5 Å². The maximum absolute atomic E-state index is 13.5. The fourth-order valence-corrected chi connectivity index (χ4v) is 4.76. The van der Waals surface area contributed by atoms with Crippen LogP contribution in [0.15, 0.2) is 78.4 Å². The maximum atomic E-state index is 13.5. The predicted octanol–water partition coefficient (Wildman–Crippen LogP) is 7.13. The largest absolute Gasteiger partial charge is 0.507 e. The second kappa shape index (κ2) is 10.3. The molecule has 1 aliphatic heterocycles. The monoisotopic (exact) mass is 497 g/mol. The van der Waals surface area contributed by atoms with Crippen LogP contribution in [0.3, 0.4) is 0 Å². The van der Waals surface area contributed by atoms with Gasteiger partial charge in [-0.05, 0) is 65.3 Å². The number of anilines is 1. The lowest BCUT2D eigenvalue weighted by Gasteiger charge is -2.26. The fourth-order valence-electron chi connectivity index (χ4n) is 4.76. The Morgan fingerprint density at radius 3 is 2.19 bits per heavy atom. The average Bonchev–Trinajstić information content (AvgIpc) is 3.14. The molecular formula is C32H35NO4. The van der Waals surface area contributed by atoms with Gasteiger partial charge in [0.2, 0.25) is 0 Å². The number of hydrogen-bond acceptors (Lipinski definition) is 4. The van der Waals surface area contributed by atoms with Crippen molar-refractivity contribution in [2.24, 2.45) is 0 Å². The van der Waals surface area contributed by atoms with E-state index in [1.54, 1.807) is 18.2 Å². The van der Waals surface area contributed by atoms with E-state index in [9.17, 15) is 14.7 Å². The van der Waals surface area contributed by atoms with E-state index in [1.807, 2.05) is 75.4 Å². The number of benzene rings is 3. The number of carbonyl (C=O) groups is 2. The number of hydrogen-bond donors (Lipinski definition) is 1. The topological polar surface area (TPSA) is 66.8 Å². The summed E-state index contributed by atoms with van der Waals surface area (Å²) in [5.41, 5.74) is 3.94. The zero-order valence-electron chi connectivity index (χ0n) is 22.4. The van der Waals surface area contributed by atoms with Crippen molar-refractivity contribution in [2.45, 2.75) is 58.9 Å². The van der Waals surface area contributed by atoms with Crippen molar-refractivity contribution in [3.63, 3.8) is 0 Å². The molecule has 192 valence electrons. The molecule has 0 bridgehead atoms. The normalized spacial score (nSPS) is 17.5. The van der Waals surface area contributed by atoms with Gasteiger partial charge in [-0.2, -0.15) is 0 Å². The van der Waals surface area contributed by atoms with Gasteiger partial charge in [0.15, 0.2) is 0 Å². The Morgan fingerprint density at radius 1 is 0.973 bits per heavy atom. The molecule has 5 nitrogen and oxygen atoms in total. The van der Waals surface area contributed by atoms with Crippen molar-refractivity contribution in [3.05, 3.63) is 101 Å². The Bertz CT molecular complexity index is 1330. The summed E-state index contributed by atoms with van der Waals surface area (Å²) >= 11 is 0. The number of para-hydroxylation sites is 1. The van der Waals surface area contributed by atoms with Crippen molar-refractivity contribution in [1.29, 1.82) is 0 Å². The molecule has 0 saturated carbocycles. The average molecular weight is 498 g/mol. The van der Waals surface area contributed by atoms with Crippen LogP contribution in [-0.4, -0.2) is 23.4 Å². The highest BCUT2D eigenvalue weighted by Gasteiger charge is 2.47. The molecule has 1 fully saturated rings. The summed E-state index contributed by atoms with van der Waals surface area (Å²) in [4.78, 5) is 28.3. The van der Waals surface area contributed by atoms with Gasteiger partial charge in [0.25, 0.3) is 11.7 Å². The molecule has 3 aromatic carbocycles. The number of ether oxygens (including phenoxy) is 1. The molecule has 37 heavy (non-hydrogen) atoms. The van der Waals surface area contributed by atoms with Crippen LogP contribution in [0.5, 0.6) is 5.75 Å². The minimum absolute atomic E-state index is 0.0463. The minimum atomic E-state index is -0.759. The summed E-state index contributed by atoms with van der Waals surface area (Å²) in [6, 6.07) is 21.7.